The van der Waals surface area contributed by atoms with Gasteiger partial charge in [-0.15, -0.1) is 0 Å². The summed E-state index contributed by atoms with van der Waals surface area (Å²) in [7, 11) is 0. The van der Waals surface area contributed by atoms with Crippen molar-refractivity contribution in [3.63, 3.8) is 0 Å². The van der Waals surface area contributed by atoms with Gasteiger partial charge >= 0.3 is 0 Å². The number of para-hydroxylation sites is 1. The molecule has 0 radical (unpaired) electrons. The summed E-state index contributed by atoms with van der Waals surface area (Å²) in [4.78, 5) is 27.3. The second kappa shape index (κ2) is 10.3. The van der Waals surface area contributed by atoms with Crippen LogP contribution in [0.5, 0.6) is 0 Å². The molecule has 0 saturated heterocycles. The Morgan fingerprint density at radius 1 is 1.00 bits per heavy atom. The Labute approximate surface area is 172 Å². The van der Waals surface area contributed by atoms with E-state index in [9.17, 15) is 9.59 Å². The summed E-state index contributed by atoms with van der Waals surface area (Å²) >= 11 is 0. The van der Waals surface area contributed by atoms with Crippen molar-refractivity contribution in [2.24, 2.45) is 0 Å². The van der Waals surface area contributed by atoms with Crippen LogP contribution in [0.15, 0.2) is 60.9 Å². The van der Waals surface area contributed by atoms with Gasteiger partial charge in [-0.1, -0.05) is 37.6 Å². The maximum Gasteiger partial charge on any atom is 0.253 e. The maximum absolute atomic E-state index is 13.0. The predicted molar refractivity (Wildman–Crippen MR) is 116 cm³/mol. The summed E-state index contributed by atoms with van der Waals surface area (Å²) in [5, 5.41) is 9.23. The third kappa shape index (κ3) is 5.60. The van der Waals surface area contributed by atoms with E-state index in [0.717, 1.165) is 18.5 Å². The van der Waals surface area contributed by atoms with Gasteiger partial charge in [0.2, 0.25) is 0 Å². The first-order chi connectivity index (χ1) is 14.2. The van der Waals surface area contributed by atoms with E-state index in [0.29, 0.717) is 37.3 Å². The Morgan fingerprint density at radius 3 is 2.55 bits per heavy atom. The average molecular weight is 393 g/mol. The molecule has 0 fully saturated rings. The lowest BCUT2D eigenvalue weighted by atomic mass is 10.1. The summed E-state index contributed by atoms with van der Waals surface area (Å²) in [5.41, 5.74) is 3.21. The average Bonchev–Trinajstić information content (AvgIpc) is 2.76. The van der Waals surface area contributed by atoms with Crippen LogP contribution < -0.4 is 16.0 Å². The minimum Gasteiger partial charge on any atom is -0.388 e. The summed E-state index contributed by atoms with van der Waals surface area (Å²) in [5.74, 6) is -0.188. The molecule has 0 unspecified atom stereocenters. The number of rotatable bonds is 3. The molecule has 0 spiro atoms. The SMILES string of the molecule is CCCc1ccc(C(=O)N2CCN/C=C/Nc3ccccc3C(=O)NCC2)cc1. The number of amides is 2. The fourth-order valence-electron chi connectivity index (χ4n) is 3.28. The molecule has 1 heterocycles. The third-order valence-electron chi connectivity index (χ3n) is 4.83. The highest BCUT2D eigenvalue weighted by Crippen LogP contribution is 2.15. The van der Waals surface area contributed by atoms with Gasteiger partial charge in [-0.2, -0.15) is 0 Å². The molecule has 6 heteroatoms. The number of nitrogens with zero attached hydrogens (tertiary/aromatic N) is 1. The minimum absolute atomic E-state index is 0.0264. The van der Waals surface area contributed by atoms with Gasteiger partial charge in [-0.05, 0) is 36.2 Å². The Bertz CT molecular complexity index is 861. The van der Waals surface area contributed by atoms with Gasteiger partial charge in [-0.3, -0.25) is 9.59 Å². The van der Waals surface area contributed by atoms with Crippen molar-refractivity contribution >= 4 is 17.5 Å². The second-order valence-corrected chi connectivity index (χ2v) is 6.97. The van der Waals surface area contributed by atoms with Crippen molar-refractivity contribution in [1.29, 1.82) is 0 Å². The molecule has 29 heavy (non-hydrogen) atoms. The summed E-state index contributed by atoms with van der Waals surface area (Å²) in [6.07, 6.45) is 5.63. The molecule has 0 aliphatic carbocycles. The highest BCUT2D eigenvalue weighted by molar-refractivity contribution is 5.99. The Morgan fingerprint density at radius 2 is 1.76 bits per heavy atom. The van der Waals surface area contributed by atoms with E-state index in [2.05, 4.69) is 22.9 Å². The third-order valence-corrected chi connectivity index (χ3v) is 4.83. The van der Waals surface area contributed by atoms with E-state index < -0.39 is 0 Å². The molecule has 0 atom stereocenters. The zero-order chi connectivity index (χ0) is 20.5. The number of nitrogens with one attached hydrogen (secondary N) is 3. The van der Waals surface area contributed by atoms with Crippen molar-refractivity contribution in [1.82, 2.24) is 15.5 Å². The molecule has 3 N–H and O–H groups in total. The summed E-state index contributed by atoms with van der Waals surface area (Å²) < 4.78 is 0. The first-order valence-electron chi connectivity index (χ1n) is 10.1. The van der Waals surface area contributed by atoms with E-state index >= 15 is 0 Å². The van der Waals surface area contributed by atoms with E-state index in [-0.39, 0.29) is 11.8 Å². The van der Waals surface area contributed by atoms with Crippen molar-refractivity contribution in [2.75, 3.05) is 31.5 Å². The second-order valence-electron chi connectivity index (χ2n) is 6.97. The van der Waals surface area contributed by atoms with Crippen LogP contribution in [0.2, 0.25) is 0 Å². The van der Waals surface area contributed by atoms with E-state index in [1.165, 1.54) is 5.56 Å². The quantitative estimate of drug-likeness (QED) is 0.751. The van der Waals surface area contributed by atoms with Crippen LogP contribution in [-0.4, -0.2) is 42.9 Å². The molecule has 0 saturated carbocycles. The number of benzene rings is 2. The van der Waals surface area contributed by atoms with Gasteiger partial charge in [0.1, 0.15) is 0 Å². The van der Waals surface area contributed by atoms with Gasteiger partial charge in [0.25, 0.3) is 11.8 Å². The molecular weight excluding hydrogens is 364 g/mol. The van der Waals surface area contributed by atoms with Crippen molar-refractivity contribution in [3.8, 4) is 0 Å². The smallest absolute Gasteiger partial charge is 0.253 e. The van der Waals surface area contributed by atoms with Crippen LogP contribution in [0, 0.1) is 0 Å². The van der Waals surface area contributed by atoms with E-state index in [1.807, 2.05) is 42.5 Å². The van der Waals surface area contributed by atoms with Gasteiger partial charge < -0.3 is 20.9 Å². The number of fused-ring (bicyclic) bond motifs is 1. The van der Waals surface area contributed by atoms with Gasteiger partial charge in [0.15, 0.2) is 0 Å². The van der Waals surface area contributed by atoms with Crippen LogP contribution in [-0.2, 0) is 6.42 Å². The molecule has 6 nitrogen and oxygen atoms in total. The minimum atomic E-state index is -0.162. The molecule has 0 bridgehead atoms. The topological polar surface area (TPSA) is 73.5 Å². The molecule has 152 valence electrons. The molecule has 1 aliphatic rings. The number of carbonyl (C=O) groups is 2. The molecule has 2 amide bonds. The molecule has 3 rings (SSSR count). The lowest BCUT2D eigenvalue weighted by Crippen LogP contribution is -2.41. The zero-order valence-corrected chi connectivity index (χ0v) is 16.8. The van der Waals surface area contributed by atoms with Crippen molar-refractivity contribution < 1.29 is 9.59 Å². The predicted octanol–water partition coefficient (Wildman–Crippen LogP) is 3.00. The lowest BCUT2D eigenvalue weighted by molar-refractivity contribution is 0.0751. The first kappa shape index (κ1) is 20.5. The van der Waals surface area contributed by atoms with E-state index in [1.54, 1.807) is 23.4 Å². The molecule has 0 aromatic heterocycles. The first-order valence-corrected chi connectivity index (χ1v) is 10.1. The molecular formula is C23H28N4O2. The van der Waals surface area contributed by atoms with Crippen LogP contribution in [0.3, 0.4) is 0 Å². The number of anilines is 1. The number of carbonyl (C=O) groups excluding carboxylic acids is 2. The monoisotopic (exact) mass is 392 g/mol. The van der Waals surface area contributed by atoms with Gasteiger partial charge in [-0.25, -0.2) is 0 Å². The fraction of sp³-hybridized carbons (Fsp3) is 0.304. The number of hydrogen-bond acceptors (Lipinski definition) is 4. The van der Waals surface area contributed by atoms with Crippen molar-refractivity contribution in [3.05, 3.63) is 77.6 Å². The molecule has 2 aromatic rings. The largest absolute Gasteiger partial charge is 0.388 e. The Kier molecular flexibility index (Phi) is 7.28. The van der Waals surface area contributed by atoms with E-state index in [4.69, 9.17) is 0 Å². The zero-order valence-electron chi connectivity index (χ0n) is 16.8. The van der Waals surface area contributed by atoms with Crippen LogP contribution in [0.25, 0.3) is 0 Å². The van der Waals surface area contributed by atoms with Crippen LogP contribution in [0.4, 0.5) is 5.69 Å². The lowest BCUT2D eigenvalue weighted by Gasteiger charge is -2.23. The van der Waals surface area contributed by atoms with Gasteiger partial charge in [0.05, 0.1) is 11.3 Å². The number of hydrogen-bond donors (Lipinski definition) is 3. The normalized spacial score (nSPS) is 16.0. The summed E-state index contributed by atoms with van der Waals surface area (Å²) in [6, 6.07) is 15.2. The molecule has 2 aromatic carbocycles. The van der Waals surface area contributed by atoms with Crippen LogP contribution in [0.1, 0.15) is 39.6 Å². The standard InChI is InChI=1S/C23H28N4O2/c1-2-5-18-8-10-19(11-9-18)23(29)27-16-14-24-12-13-25-21-7-4-3-6-20(21)22(28)26-15-17-27/h3-4,6-13,24-25H,2,5,14-17H2,1H3,(H,26,28)/b13-12+. The summed E-state index contributed by atoms with van der Waals surface area (Å²) in [6.45, 7) is 4.14. The molecule has 1 aliphatic heterocycles. The fourth-order valence-corrected chi connectivity index (χ4v) is 3.28. The maximum atomic E-state index is 13.0. The number of aryl methyl sites for hydroxylation is 1. The van der Waals surface area contributed by atoms with Gasteiger partial charge in [0, 0.05) is 44.1 Å². The Balaban J connectivity index is 1.71. The Hall–Kier alpha value is -3.28. The van der Waals surface area contributed by atoms with Crippen molar-refractivity contribution in [2.45, 2.75) is 19.8 Å². The highest BCUT2D eigenvalue weighted by atomic mass is 16.2. The highest BCUT2D eigenvalue weighted by Gasteiger charge is 2.17. The van der Waals surface area contributed by atoms with Crippen LogP contribution >= 0.6 is 0 Å².